The lowest BCUT2D eigenvalue weighted by molar-refractivity contribution is -0.138. The van der Waals surface area contributed by atoms with Crippen LogP contribution in [0.5, 0.6) is 5.88 Å². The van der Waals surface area contributed by atoms with E-state index in [1.807, 2.05) is 13.0 Å². The van der Waals surface area contributed by atoms with Gasteiger partial charge in [-0.15, -0.1) is 0 Å². The van der Waals surface area contributed by atoms with Crippen LogP contribution in [0.4, 0.5) is 10.5 Å². The zero-order valence-corrected chi connectivity index (χ0v) is 20.7. The number of anilines is 1. The van der Waals surface area contributed by atoms with Gasteiger partial charge in [0.15, 0.2) is 6.10 Å². The predicted octanol–water partition coefficient (Wildman–Crippen LogP) is 3.10. The summed E-state index contributed by atoms with van der Waals surface area (Å²) in [5.41, 5.74) is 1.38. The molecule has 3 rings (SSSR count). The second kappa shape index (κ2) is 12.6. The molecular formula is C23H27Cl2N5O5. The molecule has 1 atom stereocenters. The number of amides is 3. The number of halogens is 2. The molecule has 12 heteroatoms. The van der Waals surface area contributed by atoms with Gasteiger partial charge in [-0.05, 0) is 30.2 Å². The molecule has 1 aromatic heterocycles. The Hall–Kier alpha value is -3.08. The van der Waals surface area contributed by atoms with E-state index in [9.17, 15) is 14.4 Å². The van der Waals surface area contributed by atoms with Crippen molar-refractivity contribution in [1.82, 2.24) is 20.1 Å². The molecule has 1 unspecified atom stereocenters. The van der Waals surface area contributed by atoms with E-state index in [2.05, 4.69) is 15.6 Å². The molecule has 0 spiro atoms. The summed E-state index contributed by atoms with van der Waals surface area (Å²) in [4.78, 5) is 43.5. The number of nitrogens with one attached hydrogen (secondary N) is 2. The molecule has 188 valence electrons. The number of benzene rings is 1. The van der Waals surface area contributed by atoms with Crippen molar-refractivity contribution in [2.75, 3.05) is 38.0 Å². The summed E-state index contributed by atoms with van der Waals surface area (Å²) in [7, 11) is 0. The molecule has 1 aliphatic rings. The van der Waals surface area contributed by atoms with Crippen molar-refractivity contribution in [3.8, 4) is 5.88 Å². The molecule has 3 amide bonds. The Bertz CT molecular complexity index is 1060. The summed E-state index contributed by atoms with van der Waals surface area (Å²) in [6.07, 6.45) is 1.01. The standard InChI is InChI=1S/C23H27Cl2N5O5/c1-2-19(35-22-18(25)11-16(24)13-27-22)21(33)26-12-15-4-3-5-17(10-15)28-23(34)30-8-6-29(7-9-30)14-20(31)32/h3-5,10-11,13,19H,2,6-9,12,14H2,1H3,(H,26,33)(H,28,34)(H,31,32). The predicted molar refractivity (Wildman–Crippen MR) is 132 cm³/mol. The molecule has 3 N–H and O–H groups in total. The van der Waals surface area contributed by atoms with Crippen molar-refractivity contribution in [3.63, 3.8) is 0 Å². The minimum absolute atomic E-state index is 0.0313. The number of nitrogens with zero attached hydrogens (tertiary/aromatic N) is 3. The number of aliphatic carboxylic acids is 1. The Morgan fingerprint density at radius 1 is 1.17 bits per heavy atom. The Morgan fingerprint density at radius 3 is 2.57 bits per heavy atom. The maximum Gasteiger partial charge on any atom is 0.321 e. The Balaban J connectivity index is 1.51. The average molecular weight is 524 g/mol. The molecule has 0 saturated carbocycles. The van der Waals surface area contributed by atoms with Gasteiger partial charge in [-0.3, -0.25) is 14.5 Å². The van der Waals surface area contributed by atoms with Crippen molar-refractivity contribution in [3.05, 3.63) is 52.1 Å². The Morgan fingerprint density at radius 2 is 1.91 bits per heavy atom. The van der Waals surface area contributed by atoms with Gasteiger partial charge in [0.1, 0.15) is 5.02 Å². The van der Waals surface area contributed by atoms with Crippen LogP contribution in [0.3, 0.4) is 0 Å². The van der Waals surface area contributed by atoms with Crippen molar-refractivity contribution in [1.29, 1.82) is 0 Å². The molecule has 2 heterocycles. The number of carboxylic acids is 1. The van der Waals surface area contributed by atoms with Crippen molar-refractivity contribution in [2.24, 2.45) is 0 Å². The Kier molecular flexibility index (Phi) is 9.53. The number of urea groups is 1. The van der Waals surface area contributed by atoms with Gasteiger partial charge in [0, 0.05) is 44.6 Å². The lowest BCUT2D eigenvalue weighted by Gasteiger charge is -2.33. The zero-order valence-electron chi connectivity index (χ0n) is 19.2. The van der Waals surface area contributed by atoms with E-state index in [0.717, 1.165) is 5.56 Å². The smallest absolute Gasteiger partial charge is 0.321 e. The maximum absolute atomic E-state index is 12.6. The average Bonchev–Trinajstić information content (AvgIpc) is 2.82. The lowest BCUT2D eigenvalue weighted by atomic mass is 10.2. The fourth-order valence-corrected chi connectivity index (χ4v) is 3.94. The van der Waals surface area contributed by atoms with Gasteiger partial charge >= 0.3 is 12.0 Å². The number of pyridine rings is 1. The normalized spacial score (nSPS) is 14.8. The van der Waals surface area contributed by atoms with Crippen LogP contribution >= 0.6 is 23.2 Å². The molecule has 10 nitrogen and oxygen atoms in total. The number of hydrogen-bond acceptors (Lipinski definition) is 6. The summed E-state index contributed by atoms with van der Waals surface area (Å²) in [6, 6.07) is 8.39. The number of piperazine rings is 1. The van der Waals surface area contributed by atoms with E-state index in [1.165, 1.54) is 12.3 Å². The fraction of sp³-hybridized carbons (Fsp3) is 0.391. The second-order valence-corrected chi connectivity index (χ2v) is 8.80. The molecule has 1 saturated heterocycles. The Labute approximate surface area is 213 Å². The van der Waals surface area contributed by atoms with Gasteiger partial charge in [0.2, 0.25) is 5.88 Å². The van der Waals surface area contributed by atoms with Gasteiger partial charge in [-0.1, -0.05) is 42.3 Å². The third-order valence-electron chi connectivity index (χ3n) is 5.35. The van der Waals surface area contributed by atoms with Crippen LogP contribution in [0.15, 0.2) is 36.5 Å². The van der Waals surface area contributed by atoms with Crippen molar-refractivity contribution in [2.45, 2.75) is 26.0 Å². The number of ether oxygens (including phenoxy) is 1. The molecule has 0 radical (unpaired) electrons. The highest BCUT2D eigenvalue weighted by Gasteiger charge is 2.23. The first-order valence-corrected chi connectivity index (χ1v) is 11.8. The van der Waals surface area contributed by atoms with Gasteiger partial charge in [-0.2, -0.15) is 0 Å². The monoisotopic (exact) mass is 523 g/mol. The van der Waals surface area contributed by atoms with Crippen LogP contribution in [-0.2, 0) is 16.1 Å². The molecular weight excluding hydrogens is 497 g/mol. The van der Waals surface area contributed by atoms with E-state index in [-0.39, 0.29) is 35.9 Å². The minimum atomic E-state index is -0.880. The molecule has 1 aliphatic heterocycles. The highest BCUT2D eigenvalue weighted by molar-refractivity contribution is 6.35. The quantitative estimate of drug-likeness (QED) is 0.461. The van der Waals surface area contributed by atoms with E-state index in [1.54, 1.807) is 28.0 Å². The largest absolute Gasteiger partial charge is 0.480 e. The van der Waals surface area contributed by atoms with Crippen LogP contribution < -0.4 is 15.4 Å². The summed E-state index contributed by atoms with van der Waals surface area (Å²) in [5, 5.41) is 15.2. The highest BCUT2D eigenvalue weighted by atomic mass is 35.5. The molecule has 2 aromatic rings. The van der Waals surface area contributed by atoms with E-state index < -0.39 is 12.1 Å². The molecule has 35 heavy (non-hydrogen) atoms. The minimum Gasteiger partial charge on any atom is -0.480 e. The van der Waals surface area contributed by atoms with Gasteiger partial charge in [0.25, 0.3) is 5.91 Å². The maximum atomic E-state index is 12.6. The fourth-order valence-electron chi connectivity index (χ4n) is 3.51. The third-order valence-corrected chi connectivity index (χ3v) is 5.83. The summed E-state index contributed by atoms with van der Waals surface area (Å²) in [5.74, 6) is -1.07. The molecule has 0 aliphatic carbocycles. The number of carbonyl (C=O) groups excluding carboxylic acids is 2. The number of hydrogen-bond donors (Lipinski definition) is 3. The first-order chi connectivity index (χ1) is 16.7. The summed E-state index contributed by atoms with van der Waals surface area (Å²) < 4.78 is 5.66. The number of aromatic nitrogens is 1. The van der Waals surface area contributed by atoms with Crippen molar-refractivity contribution >= 4 is 46.8 Å². The van der Waals surface area contributed by atoms with Crippen LogP contribution in [0.1, 0.15) is 18.9 Å². The lowest BCUT2D eigenvalue weighted by Crippen LogP contribution is -2.51. The van der Waals surface area contributed by atoms with Crippen LogP contribution in [0.2, 0.25) is 10.0 Å². The van der Waals surface area contributed by atoms with Crippen LogP contribution in [0, 0.1) is 0 Å². The molecule has 1 fully saturated rings. The molecule has 1 aromatic carbocycles. The van der Waals surface area contributed by atoms with Crippen LogP contribution in [-0.4, -0.2) is 76.6 Å². The highest BCUT2D eigenvalue weighted by Crippen LogP contribution is 2.26. The molecule has 0 bridgehead atoms. The first kappa shape index (κ1) is 26.5. The number of carbonyl (C=O) groups is 3. The SMILES string of the molecule is CCC(Oc1ncc(Cl)cc1Cl)C(=O)NCc1cccc(NC(=O)N2CCN(CC(=O)O)CC2)c1. The van der Waals surface area contributed by atoms with E-state index in [0.29, 0.717) is 43.3 Å². The van der Waals surface area contributed by atoms with Gasteiger partial charge in [0.05, 0.1) is 11.6 Å². The second-order valence-electron chi connectivity index (χ2n) is 7.96. The summed E-state index contributed by atoms with van der Waals surface area (Å²) >= 11 is 11.9. The van der Waals surface area contributed by atoms with E-state index in [4.69, 9.17) is 33.0 Å². The number of carboxylic acid groups (broad SMARTS) is 1. The summed E-state index contributed by atoms with van der Waals surface area (Å²) in [6.45, 7) is 3.91. The first-order valence-electron chi connectivity index (χ1n) is 11.1. The van der Waals surface area contributed by atoms with Gasteiger partial charge in [-0.25, -0.2) is 9.78 Å². The third kappa shape index (κ3) is 7.98. The van der Waals surface area contributed by atoms with Crippen molar-refractivity contribution < 1.29 is 24.2 Å². The van der Waals surface area contributed by atoms with E-state index >= 15 is 0 Å². The zero-order chi connectivity index (χ0) is 25.4. The number of rotatable bonds is 9. The van der Waals surface area contributed by atoms with Gasteiger partial charge < -0.3 is 25.4 Å². The van der Waals surface area contributed by atoms with Crippen LogP contribution in [0.25, 0.3) is 0 Å². The topological polar surface area (TPSA) is 124 Å².